The number of amides is 1. The Balaban J connectivity index is 1.32. The molecule has 142 valence electrons. The van der Waals surface area contributed by atoms with Crippen molar-refractivity contribution in [2.24, 2.45) is 0 Å². The van der Waals surface area contributed by atoms with Crippen LogP contribution in [0.5, 0.6) is 17.2 Å². The maximum absolute atomic E-state index is 11.8. The molecule has 0 unspecified atom stereocenters. The third-order valence-corrected chi connectivity index (χ3v) is 3.88. The van der Waals surface area contributed by atoms with Crippen LogP contribution in [0.2, 0.25) is 5.02 Å². The van der Waals surface area contributed by atoms with Gasteiger partial charge in [-0.3, -0.25) is 4.79 Å². The maximum atomic E-state index is 11.8. The molecule has 0 fully saturated rings. The minimum atomic E-state index is -0.647. The van der Waals surface area contributed by atoms with Gasteiger partial charge < -0.3 is 24.3 Å². The molecule has 0 spiro atoms. The molecule has 0 aromatic heterocycles. The fraction of sp³-hybridized carbons (Fsp3) is 0.263. The molecule has 1 aliphatic rings. The summed E-state index contributed by atoms with van der Waals surface area (Å²) in [5, 5.41) is 3.21. The molecule has 0 saturated carbocycles. The Kier molecular flexibility index (Phi) is 6.38. The molecule has 0 bridgehead atoms. The van der Waals surface area contributed by atoms with Crippen LogP contribution in [0.25, 0.3) is 0 Å². The van der Waals surface area contributed by atoms with Crippen molar-refractivity contribution < 1.29 is 28.5 Å². The van der Waals surface area contributed by atoms with Crippen LogP contribution in [-0.4, -0.2) is 44.3 Å². The van der Waals surface area contributed by atoms with E-state index in [0.29, 0.717) is 28.9 Å². The predicted molar refractivity (Wildman–Crippen MR) is 97.3 cm³/mol. The molecule has 7 nitrogen and oxygen atoms in total. The van der Waals surface area contributed by atoms with Gasteiger partial charge in [0.05, 0.1) is 6.54 Å². The quantitative estimate of drug-likeness (QED) is 0.729. The van der Waals surface area contributed by atoms with Gasteiger partial charge in [-0.2, -0.15) is 0 Å². The highest BCUT2D eigenvalue weighted by atomic mass is 35.5. The first-order valence-corrected chi connectivity index (χ1v) is 8.67. The second-order valence-electron chi connectivity index (χ2n) is 5.70. The van der Waals surface area contributed by atoms with E-state index in [0.717, 1.165) is 0 Å². The third-order valence-electron chi connectivity index (χ3n) is 3.63. The number of carbonyl (C=O) groups is 2. The molecule has 0 aliphatic carbocycles. The number of hydrogen-bond donors (Lipinski definition) is 1. The zero-order valence-corrected chi connectivity index (χ0v) is 15.1. The molecule has 0 saturated heterocycles. The van der Waals surface area contributed by atoms with Gasteiger partial charge in [0, 0.05) is 5.02 Å². The molecule has 3 rings (SSSR count). The molecule has 1 aliphatic heterocycles. The van der Waals surface area contributed by atoms with Gasteiger partial charge in [0.15, 0.2) is 24.7 Å². The van der Waals surface area contributed by atoms with E-state index in [2.05, 4.69) is 5.32 Å². The maximum Gasteiger partial charge on any atom is 0.344 e. The number of nitrogens with one attached hydrogen (secondary N) is 1. The summed E-state index contributed by atoms with van der Waals surface area (Å²) in [6.45, 7) is -0.129. The van der Waals surface area contributed by atoms with Crippen molar-refractivity contribution >= 4 is 23.5 Å². The van der Waals surface area contributed by atoms with Crippen molar-refractivity contribution in [1.29, 1.82) is 0 Å². The summed E-state index contributed by atoms with van der Waals surface area (Å²) in [6, 6.07) is 13.9. The number of ether oxygens (including phenoxy) is 4. The molecular formula is C19H18ClNO6. The number of benzene rings is 2. The van der Waals surface area contributed by atoms with Gasteiger partial charge in [0.2, 0.25) is 0 Å². The molecular weight excluding hydrogens is 374 g/mol. The summed E-state index contributed by atoms with van der Waals surface area (Å²) in [5.41, 5.74) is 0. The third kappa shape index (κ3) is 5.79. The van der Waals surface area contributed by atoms with Crippen LogP contribution < -0.4 is 19.5 Å². The summed E-state index contributed by atoms with van der Waals surface area (Å²) >= 11 is 5.76. The Bertz CT molecular complexity index is 795. The standard InChI is InChI=1S/C19H18ClNO6/c20-13-5-7-14(8-6-13)24-12-19(23)26-11-18(22)21-9-15-10-25-16-3-1-2-4-17(16)27-15/h1-8,15H,9-12H2,(H,21,22)/t15-/m1/s1. The van der Waals surface area contributed by atoms with E-state index in [9.17, 15) is 9.59 Å². The molecule has 1 atom stereocenters. The van der Waals surface area contributed by atoms with Crippen LogP contribution in [0.15, 0.2) is 48.5 Å². The molecule has 1 heterocycles. The lowest BCUT2D eigenvalue weighted by Crippen LogP contribution is -2.42. The van der Waals surface area contributed by atoms with Crippen molar-refractivity contribution in [2.45, 2.75) is 6.10 Å². The van der Waals surface area contributed by atoms with Crippen LogP contribution in [0.1, 0.15) is 0 Å². The Labute approximate surface area is 161 Å². The van der Waals surface area contributed by atoms with Crippen molar-refractivity contribution in [3.63, 3.8) is 0 Å². The predicted octanol–water partition coefficient (Wildman–Crippen LogP) is 2.22. The number of carbonyl (C=O) groups excluding carboxylic acids is 2. The number of halogens is 1. The Hall–Kier alpha value is -2.93. The van der Waals surface area contributed by atoms with Crippen LogP contribution in [-0.2, 0) is 14.3 Å². The lowest BCUT2D eigenvalue weighted by molar-refractivity contribution is -0.150. The molecule has 1 N–H and O–H groups in total. The topological polar surface area (TPSA) is 83.1 Å². The summed E-state index contributed by atoms with van der Waals surface area (Å²) in [7, 11) is 0. The van der Waals surface area contributed by atoms with Crippen molar-refractivity contribution in [2.75, 3.05) is 26.4 Å². The van der Waals surface area contributed by atoms with E-state index >= 15 is 0 Å². The van der Waals surface area contributed by atoms with Crippen molar-refractivity contribution in [3.05, 3.63) is 53.6 Å². The first kappa shape index (κ1) is 18.8. The average Bonchev–Trinajstić information content (AvgIpc) is 2.70. The van der Waals surface area contributed by atoms with E-state index in [1.54, 1.807) is 30.3 Å². The van der Waals surface area contributed by atoms with Gasteiger partial charge in [-0.05, 0) is 36.4 Å². The van der Waals surface area contributed by atoms with Crippen LogP contribution in [0.4, 0.5) is 0 Å². The molecule has 27 heavy (non-hydrogen) atoms. The lowest BCUT2D eigenvalue weighted by atomic mass is 10.2. The first-order chi connectivity index (χ1) is 13.1. The number of para-hydroxylation sites is 2. The summed E-state index contributed by atoms with van der Waals surface area (Å²) < 4.78 is 21.4. The summed E-state index contributed by atoms with van der Waals surface area (Å²) in [6.07, 6.45) is -0.312. The van der Waals surface area contributed by atoms with Gasteiger partial charge >= 0.3 is 5.97 Å². The van der Waals surface area contributed by atoms with Crippen LogP contribution in [0.3, 0.4) is 0 Å². The Morgan fingerprint density at radius 2 is 1.81 bits per heavy atom. The Morgan fingerprint density at radius 3 is 2.59 bits per heavy atom. The van der Waals surface area contributed by atoms with Crippen molar-refractivity contribution in [3.8, 4) is 17.2 Å². The highest BCUT2D eigenvalue weighted by Gasteiger charge is 2.21. The molecule has 2 aromatic rings. The van der Waals surface area contributed by atoms with E-state index in [1.807, 2.05) is 18.2 Å². The average molecular weight is 392 g/mol. The molecule has 0 radical (unpaired) electrons. The highest BCUT2D eigenvalue weighted by molar-refractivity contribution is 6.30. The number of hydrogen-bond acceptors (Lipinski definition) is 6. The molecule has 1 amide bonds. The van der Waals surface area contributed by atoms with Gasteiger partial charge in [0.1, 0.15) is 18.5 Å². The van der Waals surface area contributed by atoms with Crippen LogP contribution >= 0.6 is 11.6 Å². The lowest BCUT2D eigenvalue weighted by Gasteiger charge is -2.26. The van der Waals surface area contributed by atoms with E-state index in [4.69, 9.17) is 30.5 Å². The first-order valence-electron chi connectivity index (χ1n) is 8.29. The van der Waals surface area contributed by atoms with E-state index in [-0.39, 0.29) is 19.3 Å². The summed E-state index contributed by atoms with van der Waals surface area (Å²) in [5.74, 6) is 0.711. The normalized spacial score (nSPS) is 14.9. The fourth-order valence-electron chi connectivity index (χ4n) is 2.30. The number of esters is 1. The summed E-state index contributed by atoms with van der Waals surface area (Å²) in [4.78, 5) is 23.4. The zero-order valence-electron chi connectivity index (χ0n) is 14.4. The van der Waals surface area contributed by atoms with Crippen LogP contribution in [0, 0.1) is 0 Å². The highest BCUT2D eigenvalue weighted by Crippen LogP contribution is 2.30. The molecule has 2 aromatic carbocycles. The van der Waals surface area contributed by atoms with Gasteiger partial charge in [-0.1, -0.05) is 23.7 Å². The van der Waals surface area contributed by atoms with Gasteiger partial charge in [-0.15, -0.1) is 0 Å². The monoisotopic (exact) mass is 391 g/mol. The number of rotatable bonds is 7. The van der Waals surface area contributed by atoms with Gasteiger partial charge in [-0.25, -0.2) is 4.79 Å². The van der Waals surface area contributed by atoms with Gasteiger partial charge in [0.25, 0.3) is 5.91 Å². The largest absolute Gasteiger partial charge is 0.486 e. The SMILES string of the molecule is O=C(COC(=O)COc1ccc(Cl)cc1)NC[C@@H]1COc2ccccc2O1. The number of fused-ring (bicyclic) bond motifs is 1. The second-order valence-corrected chi connectivity index (χ2v) is 6.14. The Morgan fingerprint density at radius 1 is 1.07 bits per heavy atom. The second kappa shape index (κ2) is 9.14. The zero-order chi connectivity index (χ0) is 19.1. The minimum absolute atomic E-state index is 0.242. The van der Waals surface area contributed by atoms with E-state index in [1.165, 1.54) is 0 Å². The van der Waals surface area contributed by atoms with Crippen molar-refractivity contribution in [1.82, 2.24) is 5.32 Å². The fourth-order valence-corrected chi connectivity index (χ4v) is 2.43. The van der Waals surface area contributed by atoms with E-state index < -0.39 is 18.5 Å². The smallest absolute Gasteiger partial charge is 0.344 e. The minimum Gasteiger partial charge on any atom is -0.486 e. The molecule has 8 heteroatoms.